The normalized spacial score (nSPS) is 10.2. The van der Waals surface area contributed by atoms with Crippen molar-refractivity contribution in [1.82, 2.24) is 0 Å². The van der Waals surface area contributed by atoms with Gasteiger partial charge in [0.25, 0.3) is 5.91 Å². The van der Waals surface area contributed by atoms with Crippen molar-refractivity contribution in [3.8, 4) is 5.75 Å². The Morgan fingerprint density at radius 3 is 2.76 bits per heavy atom. The standard InChI is InChI=1S/C16H17BrN2O2/c1-10-4-3-5-15(11(10)2)21-9-16(20)19-14-7-6-12(18)8-13(14)17/h3-8H,9,18H2,1-2H3,(H,19,20). The Kier molecular flexibility index (Phi) is 4.85. The number of amides is 1. The SMILES string of the molecule is Cc1cccc(OCC(=O)Nc2ccc(N)cc2Br)c1C. The highest BCUT2D eigenvalue weighted by atomic mass is 79.9. The first-order chi connectivity index (χ1) is 9.97. The van der Waals surface area contributed by atoms with Crippen LogP contribution in [0.4, 0.5) is 11.4 Å². The fraction of sp³-hybridized carbons (Fsp3) is 0.188. The Bertz CT molecular complexity index is 671. The third-order valence-corrected chi connectivity index (χ3v) is 3.84. The molecule has 2 rings (SSSR count). The summed E-state index contributed by atoms with van der Waals surface area (Å²) >= 11 is 3.36. The number of anilines is 2. The van der Waals surface area contributed by atoms with Gasteiger partial charge in [-0.2, -0.15) is 0 Å². The molecule has 0 fully saturated rings. The number of aryl methyl sites for hydroxylation is 1. The van der Waals surface area contributed by atoms with Crippen LogP contribution in [-0.2, 0) is 4.79 Å². The molecule has 0 aliphatic carbocycles. The number of nitrogen functional groups attached to an aromatic ring is 1. The molecule has 0 atom stereocenters. The van der Waals surface area contributed by atoms with Crippen molar-refractivity contribution in [2.24, 2.45) is 0 Å². The molecule has 3 N–H and O–H groups in total. The molecule has 0 saturated carbocycles. The molecule has 4 nitrogen and oxygen atoms in total. The van der Waals surface area contributed by atoms with E-state index in [2.05, 4.69) is 21.2 Å². The van der Waals surface area contributed by atoms with E-state index in [1.54, 1.807) is 18.2 Å². The lowest BCUT2D eigenvalue weighted by molar-refractivity contribution is -0.118. The highest BCUT2D eigenvalue weighted by molar-refractivity contribution is 9.10. The molecule has 0 heterocycles. The maximum Gasteiger partial charge on any atom is 0.262 e. The Balaban J connectivity index is 1.97. The third-order valence-electron chi connectivity index (χ3n) is 3.18. The molecule has 0 aromatic heterocycles. The Morgan fingerprint density at radius 1 is 1.29 bits per heavy atom. The molecule has 5 heteroatoms. The monoisotopic (exact) mass is 348 g/mol. The van der Waals surface area contributed by atoms with Crippen LogP contribution in [0.1, 0.15) is 11.1 Å². The number of nitrogens with one attached hydrogen (secondary N) is 1. The minimum atomic E-state index is -0.221. The number of benzene rings is 2. The number of carbonyl (C=O) groups excluding carboxylic acids is 1. The summed E-state index contributed by atoms with van der Waals surface area (Å²) in [6, 6.07) is 11.0. The zero-order valence-electron chi connectivity index (χ0n) is 11.9. The van der Waals surface area contributed by atoms with Gasteiger partial charge in [-0.15, -0.1) is 0 Å². The fourth-order valence-electron chi connectivity index (χ4n) is 1.84. The number of carbonyl (C=O) groups is 1. The maximum atomic E-state index is 11.9. The number of halogens is 1. The largest absolute Gasteiger partial charge is 0.483 e. The van der Waals surface area contributed by atoms with E-state index >= 15 is 0 Å². The van der Waals surface area contributed by atoms with Crippen molar-refractivity contribution < 1.29 is 9.53 Å². The highest BCUT2D eigenvalue weighted by Crippen LogP contribution is 2.25. The predicted molar refractivity (Wildman–Crippen MR) is 88.6 cm³/mol. The second kappa shape index (κ2) is 6.63. The van der Waals surface area contributed by atoms with Crippen molar-refractivity contribution in [1.29, 1.82) is 0 Å². The van der Waals surface area contributed by atoms with E-state index < -0.39 is 0 Å². The van der Waals surface area contributed by atoms with Gasteiger partial charge < -0.3 is 15.8 Å². The molecular weight excluding hydrogens is 332 g/mol. The van der Waals surface area contributed by atoms with Crippen molar-refractivity contribution >= 4 is 33.2 Å². The predicted octanol–water partition coefficient (Wildman–Crippen LogP) is 3.67. The summed E-state index contributed by atoms with van der Waals surface area (Å²) in [5.41, 5.74) is 9.13. The number of hydrogen-bond donors (Lipinski definition) is 2. The molecule has 110 valence electrons. The van der Waals surface area contributed by atoms with E-state index in [9.17, 15) is 4.79 Å². The van der Waals surface area contributed by atoms with Gasteiger partial charge in [-0.3, -0.25) is 4.79 Å². The maximum absolute atomic E-state index is 11.9. The Labute approximate surface area is 132 Å². The van der Waals surface area contributed by atoms with Crippen LogP contribution in [-0.4, -0.2) is 12.5 Å². The molecule has 0 saturated heterocycles. The highest BCUT2D eigenvalue weighted by Gasteiger charge is 2.08. The molecule has 0 unspecified atom stereocenters. The zero-order chi connectivity index (χ0) is 15.4. The van der Waals surface area contributed by atoms with Gasteiger partial charge in [0.15, 0.2) is 6.61 Å². The van der Waals surface area contributed by atoms with E-state index in [0.717, 1.165) is 21.3 Å². The topological polar surface area (TPSA) is 64.3 Å². The van der Waals surface area contributed by atoms with Gasteiger partial charge in [0.05, 0.1) is 5.69 Å². The molecule has 0 aliphatic heterocycles. The number of rotatable bonds is 4. The van der Waals surface area contributed by atoms with E-state index in [1.807, 2.05) is 32.0 Å². The summed E-state index contributed by atoms with van der Waals surface area (Å²) in [6.07, 6.45) is 0. The molecule has 2 aromatic carbocycles. The summed E-state index contributed by atoms with van der Waals surface area (Å²) in [5, 5.41) is 2.78. The van der Waals surface area contributed by atoms with E-state index in [1.165, 1.54) is 0 Å². The van der Waals surface area contributed by atoms with Gasteiger partial charge in [0.2, 0.25) is 0 Å². The van der Waals surface area contributed by atoms with Crippen molar-refractivity contribution in [2.45, 2.75) is 13.8 Å². The molecule has 0 radical (unpaired) electrons. The summed E-state index contributed by atoms with van der Waals surface area (Å²) in [5.74, 6) is 0.503. The first kappa shape index (κ1) is 15.4. The molecule has 2 aromatic rings. The average molecular weight is 349 g/mol. The van der Waals surface area contributed by atoms with E-state index in [4.69, 9.17) is 10.5 Å². The van der Waals surface area contributed by atoms with Crippen molar-refractivity contribution in [2.75, 3.05) is 17.7 Å². The minimum absolute atomic E-state index is 0.0406. The molecule has 0 aliphatic rings. The summed E-state index contributed by atoms with van der Waals surface area (Å²) in [7, 11) is 0. The number of ether oxygens (including phenoxy) is 1. The molecule has 0 spiro atoms. The minimum Gasteiger partial charge on any atom is -0.483 e. The smallest absolute Gasteiger partial charge is 0.262 e. The quantitative estimate of drug-likeness (QED) is 0.828. The van der Waals surface area contributed by atoms with Crippen LogP contribution in [0.15, 0.2) is 40.9 Å². The summed E-state index contributed by atoms with van der Waals surface area (Å²) in [6.45, 7) is 3.94. The van der Waals surface area contributed by atoms with Crippen molar-refractivity contribution in [3.63, 3.8) is 0 Å². The van der Waals surface area contributed by atoms with Crippen LogP contribution in [0.25, 0.3) is 0 Å². The molecule has 0 bridgehead atoms. The van der Waals surface area contributed by atoms with Crippen LogP contribution in [0.2, 0.25) is 0 Å². The van der Waals surface area contributed by atoms with Crippen LogP contribution < -0.4 is 15.8 Å². The Morgan fingerprint density at radius 2 is 2.05 bits per heavy atom. The van der Waals surface area contributed by atoms with Crippen LogP contribution in [0.3, 0.4) is 0 Å². The second-order valence-corrected chi connectivity index (χ2v) is 5.63. The lowest BCUT2D eigenvalue weighted by Crippen LogP contribution is -2.20. The number of nitrogens with two attached hydrogens (primary N) is 1. The van der Waals surface area contributed by atoms with Gasteiger partial charge in [0, 0.05) is 10.2 Å². The van der Waals surface area contributed by atoms with Crippen molar-refractivity contribution in [3.05, 3.63) is 52.0 Å². The Hall–Kier alpha value is -2.01. The average Bonchev–Trinajstić information content (AvgIpc) is 2.43. The molecule has 21 heavy (non-hydrogen) atoms. The van der Waals surface area contributed by atoms with Crippen LogP contribution >= 0.6 is 15.9 Å². The first-order valence-corrected chi connectivity index (χ1v) is 7.30. The third kappa shape index (κ3) is 3.98. The lowest BCUT2D eigenvalue weighted by Gasteiger charge is -2.12. The van der Waals surface area contributed by atoms with Gasteiger partial charge in [-0.1, -0.05) is 12.1 Å². The van der Waals surface area contributed by atoms with Gasteiger partial charge in [-0.05, 0) is 65.2 Å². The molecule has 1 amide bonds. The fourth-order valence-corrected chi connectivity index (χ4v) is 2.34. The second-order valence-electron chi connectivity index (χ2n) is 4.77. The van der Waals surface area contributed by atoms with Gasteiger partial charge in [0.1, 0.15) is 5.75 Å². The van der Waals surface area contributed by atoms with E-state index in [-0.39, 0.29) is 12.5 Å². The first-order valence-electron chi connectivity index (χ1n) is 6.51. The van der Waals surface area contributed by atoms with Crippen LogP contribution in [0, 0.1) is 13.8 Å². The van der Waals surface area contributed by atoms with Gasteiger partial charge in [-0.25, -0.2) is 0 Å². The lowest BCUT2D eigenvalue weighted by atomic mass is 10.1. The summed E-state index contributed by atoms with van der Waals surface area (Å²) in [4.78, 5) is 11.9. The van der Waals surface area contributed by atoms with E-state index in [0.29, 0.717) is 11.4 Å². The molecular formula is C16H17BrN2O2. The number of hydrogen-bond acceptors (Lipinski definition) is 3. The van der Waals surface area contributed by atoms with Gasteiger partial charge >= 0.3 is 0 Å². The zero-order valence-corrected chi connectivity index (χ0v) is 13.5. The summed E-state index contributed by atoms with van der Waals surface area (Å²) < 4.78 is 6.30. The van der Waals surface area contributed by atoms with Crippen LogP contribution in [0.5, 0.6) is 5.75 Å².